The van der Waals surface area contributed by atoms with Crippen LogP contribution >= 0.6 is 0 Å². The predicted molar refractivity (Wildman–Crippen MR) is 44.7 cm³/mol. The molecule has 1 rings (SSSR count). The third-order valence-corrected chi connectivity index (χ3v) is 1.51. The predicted octanol–water partition coefficient (Wildman–Crippen LogP) is 2.18. The summed E-state index contributed by atoms with van der Waals surface area (Å²) in [4.78, 5) is 0. The van der Waals surface area contributed by atoms with Crippen LogP contribution in [0.15, 0.2) is 18.7 Å². The lowest BCUT2D eigenvalue weighted by molar-refractivity contribution is 0.357. The van der Waals surface area contributed by atoms with Gasteiger partial charge in [-0.05, 0) is 17.7 Å². The molecule has 0 unspecified atom stereocenters. The zero-order chi connectivity index (χ0) is 9.14. The molecule has 0 aromatic heterocycles. The van der Waals surface area contributed by atoms with Gasteiger partial charge in [0.05, 0.1) is 7.11 Å². The van der Waals surface area contributed by atoms with Crippen molar-refractivity contribution in [2.24, 2.45) is 0 Å². The van der Waals surface area contributed by atoms with Crippen LogP contribution in [0, 0.1) is 5.82 Å². The second-order valence-electron chi connectivity index (χ2n) is 2.26. The van der Waals surface area contributed by atoms with E-state index in [0.29, 0.717) is 5.56 Å². The van der Waals surface area contributed by atoms with Gasteiger partial charge in [-0.25, -0.2) is 4.39 Å². The lowest BCUT2D eigenvalue weighted by Gasteiger charge is -2.04. The van der Waals surface area contributed by atoms with Crippen LogP contribution in [0.3, 0.4) is 0 Å². The standard InChI is InChI=1S/C9H9FO2/c1-3-6-4-7(10)9(11)8(5-6)12-2/h3-5,11H,1H2,2H3. The number of rotatable bonds is 2. The van der Waals surface area contributed by atoms with Crippen molar-refractivity contribution in [2.45, 2.75) is 0 Å². The highest BCUT2D eigenvalue weighted by molar-refractivity contribution is 5.54. The molecular weight excluding hydrogens is 159 g/mol. The molecule has 0 radical (unpaired) electrons. The monoisotopic (exact) mass is 168 g/mol. The lowest BCUT2D eigenvalue weighted by Crippen LogP contribution is -1.87. The van der Waals surface area contributed by atoms with Gasteiger partial charge in [-0.3, -0.25) is 0 Å². The number of hydrogen-bond donors (Lipinski definition) is 1. The van der Waals surface area contributed by atoms with Gasteiger partial charge in [-0.2, -0.15) is 0 Å². The van der Waals surface area contributed by atoms with Gasteiger partial charge >= 0.3 is 0 Å². The molecule has 2 nitrogen and oxygen atoms in total. The Morgan fingerprint density at radius 2 is 2.25 bits per heavy atom. The molecule has 0 aliphatic rings. The lowest BCUT2D eigenvalue weighted by atomic mass is 10.2. The molecule has 0 aliphatic carbocycles. The van der Waals surface area contributed by atoms with E-state index in [-0.39, 0.29) is 5.75 Å². The Labute approximate surface area is 69.9 Å². The van der Waals surface area contributed by atoms with Crippen LogP contribution in [-0.4, -0.2) is 12.2 Å². The Bertz CT molecular complexity index is 308. The minimum atomic E-state index is -0.704. The van der Waals surface area contributed by atoms with Crippen molar-refractivity contribution in [1.82, 2.24) is 0 Å². The first kappa shape index (κ1) is 8.59. The van der Waals surface area contributed by atoms with E-state index in [9.17, 15) is 4.39 Å². The van der Waals surface area contributed by atoms with Crippen molar-refractivity contribution < 1.29 is 14.2 Å². The fourth-order valence-corrected chi connectivity index (χ4v) is 0.867. The van der Waals surface area contributed by atoms with Gasteiger partial charge in [0, 0.05) is 0 Å². The van der Waals surface area contributed by atoms with Crippen molar-refractivity contribution in [1.29, 1.82) is 0 Å². The van der Waals surface area contributed by atoms with Gasteiger partial charge < -0.3 is 9.84 Å². The van der Waals surface area contributed by atoms with Gasteiger partial charge in [0.2, 0.25) is 0 Å². The molecule has 0 saturated carbocycles. The highest BCUT2D eigenvalue weighted by Gasteiger charge is 2.08. The average Bonchev–Trinajstić information content (AvgIpc) is 2.09. The molecule has 0 heterocycles. The Hall–Kier alpha value is -1.51. The molecule has 1 aromatic carbocycles. The maximum atomic E-state index is 12.8. The molecule has 1 aromatic rings. The third kappa shape index (κ3) is 1.39. The zero-order valence-corrected chi connectivity index (χ0v) is 6.67. The molecule has 1 N–H and O–H groups in total. The number of halogens is 1. The van der Waals surface area contributed by atoms with Crippen molar-refractivity contribution in [3.63, 3.8) is 0 Å². The van der Waals surface area contributed by atoms with E-state index in [1.807, 2.05) is 0 Å². The number of hydrogen-bond acceptors (Lipinski definition) is 2. The van der Waals surface area contributed by atoms with Crippen LogP contribution in [0.4, 0.5) is 4.39 Å². The summed E-state index contributed by atoms with van der Waals surface area (Å²) >= 11 is 0. The van der Waals surface area contributed by atoms with Crippen molar-refractivity contribution >= 4 is 6.08 Å². The first-order chi connectivity index (χ1) is 5.69. The minimum absolute atomic E-state index is 0.116. The molecule has 0 saturated heterocycles. The zero-order valence-electron chi connectivity index (χ0n) is 6.67. The van der Waals surface area contributed by atoms with E-state index in [2.05, 4.69) is 6.58 Å². The maximum Gasteiger partial charge on any atom is 0.194 e. The van der Waals surface area contributed by atoms with Gasteiger partial charge in [-0.15, -0.1) is 0 Å². The van der Waals surface area contributed by atoms with Gasteiger partial charge in [0.25, 0.3) is 0 Å². The molecule has 12 heavy (non-hydrogen) atoms. The minimum Gasteiger partial charge on any atom is -0.502 e. The van der Waals surface area contributed by atoms with Crippen LogP contribution in [-0.2, 0) is 0 Å². The topological polar surface area (TPSA) is 29.5 Å². The van der Waals surface area contributed by atoms with Gasteiger partial charge in [0.15, 0.2) is 17.3 Å². The molecular formula is C9H9FO2. The summed E-state index contributed by atoms with van der Waals surface area (Å²) in [5.41, 5.74) is 0.571. The fourth-order valence-electron chi connectivity index (χ4n) is 0.867. The molecule has 0 fully saturated rings. The van der Waals surface area contributed by atoms with E-state index >= 15 is 0 Å². The van der Waals surface area contributed by atoms with Crippen LogP contribution in [0.5, 0.6) is 11.5 Å². The number of benzene rings is 1. The van der Waals surface area contributed by atoms with Crippen LogP contribution in [0.2, 0.25) is 0 Å². The molecule has 0 atom stereocenters. The second kappa shape index (κ2) is 3.26. The molecule has 0 aliphatic heterocycles. The van der Waals surface area contributed by atoms with Crippen LogP contribution < -0.4 is 4.74 Å². The highest BCUT2D eigenvalue weighted by Crippen LogP contribution is 2.30. The van der Waals surface area contributed by atoms with E-state index < -0.39 is 11.6 Å². The Kier molecular flexibility index (Phi) is 2.33. The van der Waals surface area contributed by atoms with E-state index in [4.69, 9.17) is 9.84 Å². The highest BCUT2D eigenvalue weighted by atomic mass is 19.1. The summed E-state index contributed by atoms with van der Waals surface area (Å²) in [5, 5.41) is 9.08. The number of methoxy groups -OCH3 is 1. The smallest absolute Gasteiger partial charge is 0.194 e. The number of phenols is 1. The third-order valence-electron chi connectivity index (χ3n) is 1.51. The molecule has 0 bridgehead atoms. The average molecular weight is 168 g/mol. The summed E-state index contributed by atoms with van der Waals surface area (Å²) in [5.74, 6) is -1.06. The van der Waals surface area contributed by atoms with E-state index in [0.717, 1.165) is 0 Å². The van der Waals surface area contributed by atoms with Crippen LogP contribution in [0.25, 0.3) is 6.08 Å². The Morgan fingerprint density at radius 1 is 1.58 bits per heavy atom. The summed E-state index contributed by atoms with van der Waals surface area (Å²) in [6.07, 6.45) is 1.48. The summed E-state index contributed by atoms with van der Waals surface area (Å²) in [6, 6.07) is 2.69. The van der Waals surface area contributed by atoms with Gasteiger partial charge in [-0.1, -0.05) is 12.7 Å². The van der Waals surface area contributed by atoms with E-state index in [1.165, 1.54) is 25.3 Å². The normalized spacial score (nSPS) is 9.50. The quantitative estimate of drug-likeness (QED) is 0.733. The summed E-state index contributed by atoms with van der Waals surface area (Å²) in [7, 11) is 1.36. The first-order valence-electron chi connectivity index (χ1n) is 3.38. The number of phenolic OH excluding ortho intramolecular Hbond substituents is 1. The van der Waals surface area contributed by atoms with Crippen molar-refractivity contribution in [3.8, 4) is 11.5 Å². The van der Waals surface area contributed by atoms with Crippen molar-refractivity contribution in [3.05, 3.63) is 30.1 Å². The molecule has 3 heteroatoms. The van der Waals surface area contributed by atoms with Gasteiger partial charge in [0.1, 0.15) is 0 Å². The van der Waals surface area contributed by atoms with Crippen LogP contribution in [0.1, 0.15) is 5.56 Å². The maximum absolute atomic E-state index is 12.8. The van der Waals surface area contributed by atoms with Crippen molar-refractivity contribution in [2.75, 3.05) is 7.11 Å². The van der Waals surface area contributed by atoms with E-state index in [1.54, 1.807) is 0 Å². The second-order valence-corrected chi connectivity index (χ2v) is 2.26. The molecule has 0 amide bonds. The largest absolute Gasteiger partial charge is 0.502 e. The Balaban J connectivity index is 3.28. The summed E-state index contributed by atoms with van der Waals surface area (Å²) in [6.45, 7) is 3.47. The fraction of sp³-hybridized carbons (Fsp3) is 0.111. The molecule has 64 valence electrons. The Morgan fingerprint density at radius 3 is 2.75 bits per heavy atom. The first-order valence-corrected chi connectivity index (χ1v) is 3.38. The number of aromatic hydroxyl groups is 1. The number of ether oxygens (including phenoxy) is 1. The molecule has 0 spiro atoms. The summed E-state index contributed by atoms with van der Waals surface area (Å²) < 4.78 is 17.6. The SMILES string of the molecule is C=Cc1cc(F)c(O)c(OC)c1.